The Hall–Kier alpha value is -3.98. The second kappa shape index (κ2) is 11.0. The molecule has 2 aromatic heterocycles. The number of hydrogen-bond acceptors (Lipinski definition) is 7. The number of hydrogen-bond donors (Lipinski definition) is 1. The largest absolute Gasteiger partial charge is 0.459 e. The van der Waals surface area contributed by atoms with Crippen molar-refractivity contribution in [2.75, 3.05) is 6.54 Å². The van der Waals surface area contributed by atoms with Crippen LogP contribution in [0.3, 0.4) is 0 Å². The van der Waals surface area contributed by atoms with Gasteiger partial charge in [0.1, 0.15) is 23.5 Å². The van der Waals surface area contributed by atoms with Gasteiger partial charge in [0.2, 0.25) is 5.06 Å². The zero-order valence-electron chi connectivity index (χ0n) is 21.2. The summed E-state index contributed by atoms with van der Waals surface area (Å²) in [5.74, 6) is -1.14. The molecule has 2 heterocycles. The van der Waals surface area contributed by atoms with Crippen LogP contribution >= 0.6 is 11.3 Å². The summed E-state index contributed by atoms with van der Waals surface area (Å²) in [7, 11) is 0. The molecule has 0 aliphatic rings. The first-order chi connectivity index (χ1) is 17.6. The number of para-hydroxylation sites is 1. The number of carbonyl (C=O) groups excluding carboxylic acids is 3. The Morgan fingerprint density at radius 3 is 2.43 bits per heavy atom. The number of esters is 2. The van der Waals surface area contributed by atoms with E-state index in [2.05, 4.69) is 10.3 Å². The molecule has 0 unspecified atom stereocenters. The van der Waals surface area contributed by atoms with Gasteiger partial charge in [-0.1, -0.05) is 59.9 Å². The van der Waals surface area contributed by atoms with Crippen LogP contribution in [0.25, 0.3) is 22.2 Å². The molecule has 0 aliphatic heterocycles. The highest BCUT2D eigenvalue weighted by Crippen LogP contribution is 2.35. The summed E-state index contributed by atoms with van der Waals surface area (Å²) in [5, 5.41) is 4.94. The predicted octanol–water partition coefficient (Wildman–Crippen LogP) is 5.00. The molecule has 1 amide bonds. The van der Waals surface area contributed by atoms with Crippen molar-refractivity contribution in [3.8, 4) is 16.3 Å². The Bertz CT molecular complexity index is 1430. The van der Waals surface area contributed by atoms with Crippen molar-refractivity contribution in [3.63, 3.8) is 0 Å². The van der Waals surface area contributed by atoms with Crippen LogP contribution < -0.4 is 10.1 Å². The van der Waals surface area contributed by atoms with E-state index in [1.807, 2.05) is 54.6 Å². The maximum Gasteiger partial charge on any atom is 0.326 e. The van der Waals surface area contributed by atoms with Crippen LogP contribution in [0.15, 0.2) is 60.7 Å². The van der Waals surface area contributed by atoms with Gasteiger partial charge in [0, 0.05) is 36.4 Å². The smallest absolute Gasteiger partial charge is 0.326 e. The summed E-state index contributed by atoms with van der Waals surface area (Å²) in [6, 6.07) is 18.8. The quantitative estimate of drug-likeness (QED) is 0.329. The van der Waals surface area contributed by atoms with Crippen molar-refractivity contribution in [2.24, 2.45) is 0 Å². The zero-order chi connectivity index (χ0) is 26.6. The normalized spacial score (nSPS) is 11.4. The van der Waals surface area contributed by atoms with Gasteiger partial charge in [-0.2, -0.15) is 0 Å². The van der Waals surface area contributed by atoms with E-state index in [9.17, 15) is 14.4 Å². The van der Waals surface area contributed by atoms with Gasteiger partial charge >= 0.3 is 11.9 Å². The Morgan fingerprint density at radius 1 is 1.03 bits per heavy atom. The number of benzene rings is 2. The van der Waals surface area contributed by atoms with Crippen molar-refractivity contribution >= 4 is 40.1 Å². The molecule has 8 nitrogen and oxygen atoms in total. The fourth-order valence-corrected chi connectivity index (χ4v) is 4.85. The third-order valence-corrected chi connectivity index (χ3v) is 6.29. The lowest BCUT2D eigenvalue weighted by Gasteiger charge is -2.20. The molecule has 0 aliphatic carbocycles. The van der Waals surface area contributed by atoms with E-state index >= 15 is 0 Å². The summed E-state index contributed by atoms with van der Waals surface area (Å²) in [6.45, 7) is 7.01. The molecular weight excluding hydrogens is 490 g/mol. The lowest BCUT2D eigenvalue weighted by atomic mass is 10.2. The van der Waals surface area contributed by atoms with Crippen LogP contribution in [0.5, 0.6) is 5.06 Å². The maximum absolute atomic E-state index is 13.2. The van der Waals surface area contributed by atoms with E-state index in [0.717, 1.165) is 21.5 Å². The molecule has 0 radical (unpaired) electrons. The van der Waals surface area contributed by atoms with Gasteiger partial charge in [0.05, 0.1) is 5.01 Å². The molecule has 1 N–H and O–H groups in total. The number of ether oxygens (including phenoxy) is 2. The number of rotatable bonds is 8. The molecule has 2 aromatic carbocycles. The van der Waals surface area contributed by atoms with Crippen molar-refractivity contribution in [1.29, 1.82) is 0 Å². The SMILES string of the molecule is CC(=O)Oc1sc(CCNC(=O)c2cc3ccccc3n2CC(=O)OC(C)(C)C)nc1-c1ccccc1. The lowest BCUT2D eigenvalue weighted by Crippen LogP contribution is -2.30. The second-order valence-corrected chi connectivity index (χ2v) is 10.5. The summed E-state index contributed by atoms with van der Waals surface area (Å²) < 4.78 is 12.5. The number of thiazole rings is 1. The molecule has 4 aromatic rings. The van der Waals surface area contributed by atoms with Gasteiger partial charge in [-0.15, -0.1) is 0 Å². The molecule has 0 fully saturated rings. The topological polar surface area (TPSA) is 99.5 Å². The summed E-state index contributed by atoms with van der Waals surface area (Å²) in [6.07, 6.45) is 0.448. The number of carbonyl (C=O) groups is 3. The minimum atomic E-state index is -0.625. The number of aromatic nitrogens is 2. The summed E-state index contributed by atoms with van der Waals surface area (Å²) in [4.78, 5) is 42.0. The molecule has 0 saturated heterocycles. The highest BCUT2D eigenvalue weighted by molar-refractivity contribution is 7.14. The van der Waals surface area contributed by atoms with Gasteiger partial charge in [-0.3, -0.25) is 14.4 Å². The van der Waals surface area contributed by atoms with Gasteiger partial charge in [-0.05, 0) is 32.9 Å². The highest BCUT2D eigenvalue weighted by atomic mass is 32.1. The maximum atomic E-state index is 13.2. The fraction of sp³-hybridized carbons (Fsp3) is 0.286. The highest BCUT2D eigenvalue weighted by Gasteiger charge is 2.22. The van der Waals surface area contributed by atoms with Crippen molar-refractivity contribution in [2.45, 2.75) is 46.3 Å². The molecule has 192 valence electrons. The van der Waals surface area contributed by atoms with Crippen LogP contribution in [-0.4, -0.2) is 39.5 Å². The van der Waals surface area contributed by atoms with Crippen molar-refractivity contribution < 1.29 is 23.9 Å². The third-order valence-electron chi connectivity index (χ3n) is 5.30. The van der Waals surface area contributed by atoms with Crippen LogP contribution in [0.1, 0.15) is 43.2 Å². The molecule has 9 heteroatoms. The van der Waals surface area contributed by atoms with Crippen LogP contribution in [0.2, 0.25) is 0 Å². The Kier molecular flexibility index (Phi) is 7.73. The zero-order valence-corrected chi connectivity index (χ0v) is 22.1. The monoisotopic (exact) mass is 519 g/mol. The molecule has 0 bridgehead atoms. The third kappa shape index (κ3) is 6.62. The Morgan fingerprint density at radius 2 is 1.73 bits per heavy atom. The van der Waals surface area contributed by atoms with Gasteiger partial charge < -0.3 is 19.4 Å². The first-order valence-electron chi connectivity index (χ1n) is 11.9. The molecule has 4 rings (SSSR count). The van der Waals surface area contributed by atoms with E-state index in [-0.39, 0.29) is 12.5 Å². The minimum Gasteiger partial charge on any atom is -0.459 e. The molecule has 0 atom stereocenters. The Labute approximate surface area is 219 Å². The second-order valence-electron chi connectivity index (χ2n) is 9.47. The van der Waals surface area contributed by atoms with Crippen LogP contribution in [0, 0.1) is 0 Å². The average molecular weight is 520 g/mol. The molecule has 0 saturated carbocycles. The van der Waals surface area contributed by atoms with Gasteiger partial charge in [0.15, 0.2) is 0 Å². The van der Waals surface area contributed by atoms with E-state index in [4.69, 9.17) is 9.47 Å². The van der Waals surface area contributed by atoms with E-state index in [0.29, 0.717) is 29.4 Å². The summed E-state index contributed by atoms with van der Waals surface area (Å²) >= 11 is 1.28. The number of fused-ring (bicyclic) bond motifs is 1. The minimum absolute atomic E-state index is 0.0772. The van der Waals surface area contributed by atoms with Gasteiger partial charge in [0.25, 0.3) is 5.91 Å². The lowest BCUT2D eigenvalue weighted by molar-refractivity contribution is -0.155. The molecule has 37 heavy (non-hydrogen) atoms. The summed E-state index contributed by atoms with van der Waals surface area (Å²) in [5.41, 5.74) is 1.96. The average Bonchev–Trinajstić information content (AvgIpc) is 3.39. The van der Waals surface area contributed by atoms with Crippen LogP contribution in [0.4, 0.5) is 0 Å². The van der Waals surface area contributed by atoms with E-state index < -0.39 is 17.5 Å². The standard InChI is InChI=1S/C28H29N3O5S/c1-18(32)35-27-25(19-10-6-5-7-11-19)30-23(37-27)14-15-29-26(34)22-16-20-12-8-9-13-21(20)31(22)17-24(33)36-28(2,3)4/h5-13,16H,14-15,17H2,1-4H3,(H,29,34). The van der Waals surface area contributed by atoms with Crippen molar-refractivity contribution in [3.05, 3.63) is 71.4 Å². The number of amides is 1. The first-order valence-corrected chi connectivity index (χ1v) is 12.7. The van der Waals surface area contributed by atoms with Crippen molar-refractivity contribution in [1.82, 2.24) is 14.9 Å². The van der Waals surface area contributed by atoms with E-state index in [1.165, 1.54) is 18.3 Å². The first kappa shape index (κ1) is 26.1. The molecular formula is C28H29N3O5S. The van der Waals surface area contributed by atoms with Gasteiger partial charge in [-0.25, -0.2) is 4.98 Å². The number of nitrogens with one attached hydrogen (secondary N) is 1. The number of nitrogens with zero attached hydrogens (tertiary/aromatic N) is 2. The van der Waals surface area contributed by atoms with Crippen LogP contribution in [-0.2, 0) is 27.3 Å². The fourth-order valence-electron chi connectivity index (χ4n) is 3.88. The van der Waals surface area contributed by atoms with E-state index in [1.54, 1.807) is 31.4 Å². The Balaban J connectivity index is 1.49. The molecule has 0 spiro atoms. The predicted molar refractivity (Wildman–Crippen MR) is 143 cm³/mol.